The Labute approximate surface area is 184 Å². The summed E-state index contributed by atoms with van der Waals surface area (Å²) < 4.78 is 31.6. The van der Waals surface area contributed by atoms with Gasteiger partial charge >= 0.3 is 0 Å². The fraction of sp³-hybridized carbons (Fsp3) is 0.333. The monoisotopic (exact) mass is 432 g/mol. The van der Waals surface area contributed by atoms with Gasteiger partial charge in [0.15, 0.2) is 0 Å². The van der Waals surface area contributed by atoms with E-state index in [9.17, 15) is 14.0 Å². The van der Waals surface area contributed by atoms with Gasteiger partial charge in [0.05, 0.1) is 34.9 Å². The smallest absolute Gasteiger partial charge is 0.252 e. The minimum absolute atomic E-state index is 0.175. The highest BCUT2D eigenvalue weighted by Crippen LogP contribution is 2.57. The molecule has 8 heteroatoms. The molecule has 3 aromatic heterocycles. The molecule has 0 aliphatic heterocycles. The summed E-state index contributed by atoms with van der Waals surface area (Å²) in [6.45, 7) is 3.11. The van der Waals surface area contributed by atoms with E-state index in [-0.39, 0.29) is 6.54 Å². The van der Waals surface area contributed by atoms with Crippen LogP contribution in [0.4, 0.5) is 8.78 Å². The Morgan fingerprint density at radius 3 is 2.62 bits per heavy atom. The van der Waals surface area contributed by atoms with Gasteiger partial charge in [-0.3, -0.25) is 4.68 Å². The molecule has 162 valence electrons. The Morgan fingerprint density at radius 2 is 1.94 bits per heavy atom. The lowest BCUT2D eigenvalue weighted by atomic mass is 9.99. The molecule has 1 aliphatic carbocycles. The highest BCUT2D eigenvalue weighted by atomic mass is 19.3. The largest absolute Gasteiger partial charge is 0.331 e. The van der Waals surface area contributed by atoms with Crippen LogP contribution < -0.4 is 0 Å². The lowest BCUT2D eigenvalue weighted by Crippen LogP contribution is -2.30. The van der Waals surface area contributed by atoms with E-state index < -0.39 is 11.3 Å². The fourth-order valence-corrected chi connectivity index (χ4v) is 4.23. The number of hydrogen-bond acceptors (Lipinski definition) is 4. The summed E-state index contributed by atoms with van der Waals surface area (Å²) in [5, 5.41) is 13.7. The first kappa shape index (κ1) is 20.3. The van der Waals surface area contributed by atoms with Crippen molar-refractivity contribution in [2.75, 3.05) is 0 Å². The molecule has 1 aromatic carbocycles. The quantitative estimate of drug-likeness (QED) is 0.439. The van der Waals surface area contributed by atoms with Crippen molar-refractivity contribution in [3.8, 4) is 28.5 Å². The number of imidazole rings is 1. The zero-order valence-corrected chi connectivity index (χ0v) is 18.1. The zero-order chi connectivity index (χ0) is 22.7. The number of aromatic nitrogens is 5. The van der Waals surface area contributed by atoms with Crippen molar-refractivity contribution in [3.05, 3.63) is 54.2 Å². The maximum atomic E-state index is 14.0. The Bertz CT molecular complexity index is 1380. The van der Waals surface area contributed by atoms with Crippen LogP contribution in [0.25, 0.3) is 33.4 Å². The molecule has 0 spiro atoms. The molecule has 0 atom stereocenters. The molecular formula is C24H22F2N6. The number of aryl methyl sites for hydroxylation is 2. The summed E-state index contributed by atoms with van der Waals surface area (Å²) in [7, 11) is 1.96. The second-order valence-electron chi connectivity index (χ2n) is 8.72. The molecule has 0 unspecified atom stereocenters. The first-order valence-electron chi connectivity index (χ1n) is 10.5. The van der Waals surface area contributed by atoms with E-state index in [2.05, 4.69) is 21.1 Å². The number of hydrogen-bond donors (Lipinski definition) is 0. The van der Waals surface area contributed by atoms with Crippen molar-refractivity contribution in [2.45, 2.75) is 39.2 Å². The molecule has 1 saturated carbocycles. The summed E-state index contributed by atoms with van der Waals surface area (Å²) in [6, 6.07) is 11.5. The van der Waals surface area contributed by atoms with Crippen LogP contribution in [0.2, 0.25) is 0 Å². The van der Waals surface area contributed by atoms with Gasteiger partial charge in [0.25, 0.3) is 5.92 Å². The molecular weight excluding hydrogens is 410 g/mol. The molecule has 0 amide bonds. The normalized spacial score (nSPS) is 15.1. The van der Waals surface area contributed by atoms with Gasteiger partial charge in [-0.15, -0.1) is 0 Å². The minimum Gasteiger partial charge on any atom is -0.331 e. The van der Waals surface area contributed by atoms with Gasteiger partial charge in [-0.25, -0.2) is 18.7 Å². The van der Waals surface area contributed by atoms with Crippen molar-refractivity contribution < 1.29 is 8.78 Å². The van der Waals surface area contributed by atoms with Gasteiger partial charge in [-0.05, 0) is 51.0 Å². The number of benzene rings is 1. The van der Waals surface area contributed by atoms with E-state index in [1.165, 1.54) is 0 Å². The Kier molecular flexibility index (Phi) is 4.41. The number of rotatable bonds is 5. The summed E-state index contributed by atoms with van der Waals surface area (Å²) in [4.78, 5) is 9.16. The molecule has 0 N–H and O–H groups in total. The second-order valence-corrected chi connectivity index (χ2v) is 8.72. The Hall–Kier alpha value is -3.60. The summed E-state index contributed by atoms with van der Waals surface area (Å²) in [6.07, 6.45) is 4.44. The maximum absolute atomic E-state index is 14.0. The Morgan fingerprint density at radius 1 is 1.16 bits per heavy atom. The predicted octanol–water partition coefficient (Wildman–Crippen LogP) is 5.11. The van der Waals surface area contributed by atoms with E-state index in [0.29, 0.717) is 24.2 Å². The van der Waals surface area contributed by atoms with Crippen molar-refractivity contribution in [2.24, 2.45) is 12.5 Å². The zero-order valence-electron chi connectivity index (χ0n) is 18.1. The second kappa shape index (κ2) is 6.95. The van der Waals surface area contributed by atoms with Gasteiger partial charge in [0, 0.05) is 29.9 Å². The van der Waals surface area contributed by atoms with Crippen molar-refractivity contribution in [3.63, 3.8) is 0 Å². The summed E-state index contributed by atoms with van der Waals surface area (Å²) in [5.74, 6) is -1.84. The number of halogens is 2. The average Bonchev–Trinajstić information content (AvgIpc) is 3.33. The SMILES string of the molecule is Cc1nc2cc(-c3nc(C#N)ccc3-c3cnn(CC4(C(C)(F)F)CC4)c3)ccc2n1C. The van der Waals surface area contributed by atoms with Crippen LogP contribution in [-0.2, 0) is 13.6 Å². The molecule has 6 nitrogen and oxygen atoms in total. The lowest BCUT2D eigenvalue weighted by Gasteiger charge is -2.22. The van der Waals surface area contributed by atoms with E-state index in [4.69, 9.17) is 0 Å². The topological polar surface area (TPSA) is 72.3 Å². The number of nitrogens with zero attached hydrogens (tertiary/aromatic N) is 6. The van der Waals surface area contributed by atoms with E-state index >= 15 is 0 Å². The third-order valence-electron chi connectivity index (χ3n) is 6.58. The van der Waals surface area contributed by atoms with Crippen LogP contribution in [0, 0.1) is 23.7 Å². The van der Waals surface area contributed by atoms with Gasteiger partial charge < -0.3 is 4.57 Å². The summed E-state index contributed by atoms with van der Waals surface area (Å²) in [5.41, 5.74) is 4.16. The number of alkyl halides is 2. The van der Waals surface area contributed by atoms with Crippen molar-refractivity contribution in [1.29, 1.82) is 5.26 Å². The van der Waals surface area contributed by atoms with Gasteiger partial charge in [0.1, 0.15) is 17.6 Å². The van der Waals surface area contributed by atoms with Crippen LogP contribution >= 0.6 is 0 Å². The van der Waals surface area contributed by atoms with E-state index in [1.54, 1.807) is 23.1 Å². The molecule has 5 rings (SSSR count). The highest BCUT2D eigenvalue weighted by Gasteiger charge is 2.59. The highest BCUT2D eigenvalue weighted by molar-refractivity contribution is 5.87. The van der Waals surface area contributed by atoms with Crippen molar-refractivity contribution in [1.82, 2.24) is 24.3 Å². The van der Waals surface area contributed by atoms with Crippen LogP contribution in [0.1, 0.15) is 31.3 Å². The molecule has 3 heterocycles. The molecule has 4 aromatic rings. The molecule has 1 fully saturated rings. The number of fused-ring (bicyclic) bond motifs is 1. The van der Waals surface area contributed by atoms with Gasteiger partial charge in [-0.1, -0.05) is 6.07 Å². The van der Waals surface area contributed by atoms with Crippen molar-refractivity contribution >= 4 is 11.0 Å². The summed E-state index contributed by atoms with van der Waals surface area (Å²) >= 11 is 0. The van der Waals surface area contributed by atoms with Gasteiger partial charge in [-0.2, -0.15) is 10.4 Å². The Balaban J connectivity index is 1.57. The first-order chi connectivity index (χ1) is 15.2. The third-order valence-corrected chi connectivity index (χ3v) is 6.58. The molecule has 0 radical (unpaired) electrons. The van der Waals surface area contributed by atoms with Crippen LogP contribution in [0.15, 0.2) is 42.7 Å². The lowest BCUT2D eigenvalue weighted by molar-refractivity contribution is -0.0626. The average molecular weight is 432 g/mol. The van der Waals surface area contributed by atoms with Gasteiger partial charge in [0.2, 0.25) is 0 Å². The van der Waals surface area contributed by atoms with Crippen LogP contribution in [0.3, 0.4) is 0 Å². The molecule has 0 saturated heterocycles. The van der Waals surface area contributed by atoms with Crippen LogP contribution in [-0.4, -0.2) is 30.2 Å². The first-order valence-corrected chi connectivity index (χ1v) is 10.5. The molecule has 0 bridgehead atoms. The van der Waals surface area contributed by atoms with Crippen LogP contribution in [0.5, 0.6) is 0 Å². The third kappa shape index (κ3) is 3.25. The number of nitriles is 1. The molecule has 1 aliphatic rings. The fourth-order valence-electron chi connectivity index (χ4n) is 4.23. The predicted molar refractivity (Wildman–Crippen MR) is 117 cm³/mol. The maximum Gasteiger partial charge on any atom is 0.252 e. The minimum atomic E-state index is -2.74. The van der Waals surface area contributed by atoms with E-state index in [1.807, 2.05) is 42.8 Å². The number of pyridine rings is 1. The molecule has 32 heavy (non-hydrogen) atoms. The van der Waals surface area contributed by atoms with E-state index in [0.717, 1.165) is 40.5 Å². The standard InChI is InChI=1S/C24H22F2N6/c1-15-29-20-10-16(4-7-21(20)31(15)3)22-19(6-5-18(11-27)30-22)17-12-28-32(13-17)14-24(8-9-24)23(2,25)26/h4-7,10,12-13H,8-9,14H2,1-3H3.